The molecule has 1 aliphatic heterocycles. The highest BCUT2D eigenvalue weighted by Crippen LogP contribution is 2.30. The summed E-state index contributed by atoms with van der Waals surface area (Å²) in [6.07, 6.45) is -3.13. The van der Waals surface area contributed by atoms with Crippen LogP contribution in [0.25, 0.3) is 16.6 Å². The Morgan fingerprint density at radius 3 is 2.57 bits per heavy atom. The second-order valence-electron chi connectivity index (χ2n) is 8.75. The van der Waals surface area contributed by atoms with Crippen LogP contribution in [0.5, 0.6) is 0 Å². The number of hydrogen-bond donors (Lipinski definition) is 1. The van der Waals surface area contributed by atoms with Crippen LogP contribution in [0, 0.1) is 6.92 Å². The first-order chi connectivity index (χ1) is 17.7. The van der Waals surface area contributed by atoms with Gasteiger partial charge in [0.05, 0.1) is 35.4 Å². The molecule has 0 unspecified atom stereocenters. The van der Waals surface area contributed by atoms with E-state index in [4.69, 9.17) is 4.74 Å². The van der Waals surface area contributed by atoms with Crippen LogP contribution in [0.2, 0.25) is 0 Å². The van der Waals surface area contributed by atoms with Crippen LogP contribution in [0.1, 0.15) is 21.5 Å². The van der Waals surface area contributed by atoms with Gasteiger partial charge in [-0.05, 0) is 61.0 Å². The average molecular weight is 509 g/mol. The van der Waals surface area contributed by atoms with Gasteiger partial charge >= 0.3 is 6.18 Å². The Bertz CT molecular complexity index is 1540. The van der Waals surface area contributed by atoms with E-state index < -0.39 is 17.6 Å². The fraction of sp³-hybridized carbons (Fsp3) is 0.222. The van der Waals surface area contributed by atoms with Gasteiger partial charge in [0.2, 0.25) is 0 Å². The topological polar surface area (TPSA) is 76.5 Å². The van der Waals surface area contributed by atoms with E-state index >= 15 is 0 Å². The molecule has 1 fully saturated rings. The fourth-order valence-electron chi connectivity index (χ4n) is 4.29. The van der Waals surface area contributed by atoms with Crippen LogP contribution >= 0.6 is 0 Å². The molecule has 4 aromatic rings. The number of ether oxygens (including phenoxy) is 1. The van der Waals surface area contributed by atoms with E-state index in [-0.39, 0.29) is 11.1 Å². The molecule has 37 heavy (non-hydrogen) atoms. The van der Waals surface area contributed by atoms with Gasteiger partial charge < -0.3 is 15.0 Å². The number of carbonyl (C=O) groups is 1. The summed E-state index contributed by atoms with van der Waals surface area (Å²) < 4.78 is 45.9. The Balaban J connectivity index is 1.47. The van der Waals surface area contributed by atoms with Gasteiger partial charge in [0.15, 0.2) is 0 Å². The summed E-state index contributed by atoms with van der Waals surface area (Å²) in [5, 5.41) is 3.07. The first-order valence-electron chi connectivity index (χ1n) is 11.6. The number of hydrogen-bond acceptors (Lipinski definition) is 5. The van der Waals surface area contributed by atoms with Crippen LogP contribution < -0.4 is 15.8 Å². The van der Waals surface area contributed by atoms with E-state index in [2.05, 4.69) is 15.2 Å². The molecule has 1 N–H and O–H groups in total. The second-order valence-corrected chi connectivity index (χ2v) is 8.75. The number of amides is 1. The van der Waals surface area contributed by atoms with Gasteiger partial charge in [-0.3, -0.25) is 14.2 Å². The van der Waals surface area contributed by atoms with E-state index in [0.717, 1.165) is 36.5 Å². The second kappa shape index (κ2) is 9.70. The Morgan fingerprint density at radius 2 is 1.81 bits per heavy atom. The molecule has 0 radical (unpaired) electrons. The zero-order valence-electron chi connectivity index (χ0n) is 19.9. The normalized spacial score (nSPS) is 14.1. The number of aryl methyl sites for hydroxylation is 1. The van der Waals surface area contributed by atoms with E-state index in [1.54, 1.807) is 18.2 Å². The van der Waals surface area contributed by atoms with Crippen molar-refractivity contribution in [1.82, 2.24) is 9.55 Å². The molecule has 1 aromatic heterocycles. The van der Waals surface area contributed by atoms with Crippen molar-refractivity contribution in [2.75, 3.05) is 36.5 Å². The molecule has 0 aliphatic carbocycles. The molecule has 10 heteroatoms. The quantitative estimate of drug-likeness (QED) is 0.429. The van der Waals surface area contributed by atoms with E-state index in [1.165, 1.54) is 23.0 Å². The van der Waals surface area contributed by atoms with Gasteiger partial charge in [0.1, 0.15) is 6.33 Å². The maximum absolute atomic E-state index is 13.5. The number of alkyl halides is 3. The van der Waals surface area contributed by atoms with Crippen molar-refractivity contribution < 1.29 is 22.7 Å². The fourth-order valence-corrected chi connectivity index (χ4v) is 4.29. The molecule has 3 aromatic carbocycles. The minimum atomic E-state index is -4.56. The number of carbonyl (C=O) groups excluding carboxylic acids is 1. The molecule has 0 spiro atoms. The summed E-state index contributed by atoms with van der Waals surface area (Å²) in [6, 6.07) is 14.7. The minimum Gasteiger partial charge on any atom is -0.378 e. The average Bonchev–Trinajstić information content (AvgIpc) is 2.90. The summed E-state index contributed by atoms with van der Waals surface area (Å²) in [5.41, 5.74) is 1.74. The number of aromatic nitrogens is 2. The standard InChI is InChI=1S/C27H23F3N4O3/c1-17-5-6-20(32-25(35)18-3-2-4-19(13-18)27(28,29)30)14-24(17)34-16-31-23-8-7-21(15-22(23)26(34)36)33-9-11-37-12-10-33/h2-8,13-16H,9-12H2,1H3,(H,32,35). The molecule has 0 atom stereocenters. The molecule has 7 nitrogen and oxygen atoms in total. The molecule has 1 saturated heterocycles. The van der Waals surface area contributed by atoms with Crippen LogP contribution in [-0.2, 0) is 10.9 Å². The van der Waals surface area contributed by atoms with Gasteiger partial charge in [-0.2, -0.15) is 13.2 Å². The molecular weight excluding hydrogens is 485 g/mol. The van der Waals surface area contributed by atoms with Gasteiger partial charge in [-0.15, -0.1) is 0 Å². The number of rotatable bonds is 4. The van der Waals surface area contributed by atoms with Crippen molar-refractivity contribution in [1.29, 1.82) is 0 Å². The molecule has 190 valence electrons. The van der Waals surface area contributed by atoms with Crippen LogP contribution in [-0.4, -0.2) is 41.8 Å². The highest BCUT2D eigenvalue weighted by molar-refractivity contribution is 6.04. The number of anilines is 2. The van der Waals surface area contributed by atoms with Crippen molar-refractivity contribution >= 4 is 28.2 Å². The first kappa shape index (κ1) is 24.5. The van der Waals surface area contributed by atoms with Crippen LogP contribution in [0.15, 0.2) is 71.8 Å². The van der Waals surface area contributed by atoms with E-state index in [0.29, 0.717) is 35.5 Å². The van der Waals surface area contributed by atoms with Crippen LogP contribution in [0.3, 0.4) is 0 Å². The maximum atomic E-state index is 13.5. The third-order valence-corrected chi connectivity index (χ3v) is 6.30. The summed E-state index contributed by atoms with van der Waals surface area (Å²) >= 11 is 0. The van der Waals surface area contributed by atoms with Crippen LogP contribution in [0.4, 0.5) is 24.5 Å². The molecule has 2 heterocycles. The van der Waals surface area contributed by atoms with Crippen molar-refractivity contribution in [3.63, 3.8) is 0 Å². The summed E-state index contributed by atoms with van der Waals surface area (Å²) in [6.45, 7) is 4.51. The Hall–Kier alpha value is -4.18. The minimum absolute atomic E-state index is 0.128. The van der Waals surface area contributed by atoms with Gasteiger partial charge in [-0.25, -0.2) is 4.98 Å². The summed E-state index contributed by atoms with van der Waals surface area (Å²) in [5.74, 6) is -0.694. The highest BCUT2D eigenvalue weighted by Gasteiger charge is 2.31. The van der Waals surface area contributed by atoms with Crippen molar-refractivity contribution in [2.24, 2.45) is 0 Å². The number of benzene rings is 3. The Morgan fingerprint density at radius 1 is 1.03 bits per heavy atom. The van der Waals surface area contributed by atoms with Gasteiger partial charge in [0, 0.05) is 30.0 Å². The molecule has 1 amide bonds. The number of halogens is 3. The lowest BCUT2D eigenvalue weighted by Gasteiger charge is -2.29. The lowest BCUT2D eigenvalue weighted by molar-refractivity contribution is -0.137. The van der Waals surface area contributed by atoms with Crippen molar-refractivity contribution in [2.45, 2.75) is 13.1 Å². The number of fused-ring (bicyclic) bond motifs is 1. The number of morpholine rings is 1. The Kier molecular flexibility index (Phi) is 6.43. The third-order valence-electron chi connectivity index (χ3n) is 6.30. The van der Waals surface area contributed by atoms with Gasteiger partial charge in [0.25, 0.3) is 11.5 Å². The zero-order chi connectivity index (χ0) is 26.2. The molecule has 0 saturated carbocycles. The predicted molar refractivity (Wildman–Crippen MR) is 135 cm³/mol. The SMILES string of the molecule is Cc1ccc(NC(=O)c2cccc(C(F)(F)F)c2)cc1-n1cnc2ccc(N3CCOCC3)cc2c1=O. The first-order valence-corrected chi connectivity index (χ1v) is 11.6. The monoisotopic (exact) mass is 508 g/mol. The number of nitrogens with zero attached hydrogens (tertiary/aromatic N) is 3. The largest absolute Gasteiger partial charge is 0.416 e. The summed E-state index contributed by atoms with van der Waals surface area (Å²) in [7, 11) is 0. The molecule has 0 bridgehead atoms. The molecule has 5 rings (SSSR count). The Labute approximate surface area is 210 Å². The highest BCUT2D eigenvalue weighted by atomic mass is 19.4. The smallest absolute Gasteiger partial charge is 0.378 e. The third kappa shape index (κ3) is 5.05. The zero-order valence-corrected chi connectivity index (χ0v) is 19.9. The van der Waals surface area contributed by atoms with Crippen molar-refractivity contribution in [3.05, 3.63) is 94.0 Å². The van der Waals surface area contributed by atoms with Gasteiger partial charge in [-0.1, -0.05) is 12.1 Å². The predicted octanol–water partition coefficient (Wildman–Crippen LogP) is 4.80. The maximum Gasteiger partial charge on any atom is 0.416 e. The lowest BCUT2D eigenvalue weighted by Crippen LogP contribution is -2.36. The molecule has 1 aliphatic rings. The van der Waals surface area contributed by atoms with Crippen molar-refractivity contribution in [3.8, 4) is 5.69 Å². The summed E-state index contributed by atoms with van der Waals surface area (Å²) in [4.78, 5) is 32.8. The van der Waals surface area contributed by atoms with E-state index in [9.17, 15) is 22.8 Å². The number of nitrogens with one attached hydrogen (secondary N) is 1. The van der Waals surface area contributed by atoms with E-state index in [1.807, 2.05) is 25.1 Å². The lowest BCUT2D eigenvalue weighted by atomic mass is 10.1. The molecular formula is C27H23F3N4O3.